The van der Waals surface area contributed by atoms with Gasteiger partial charge in [-0.3, -0.25) is 0 Å². The van der Waals surface area contributed by atoms with Gasteiger partial charge in [0.1, 0.15) is 17.2 Å². The first-order valence-corrected chi connectivity index (χ1v) is 10.8. The van der Waals surface area contributed by atoms with Crippen LogP contribution in [-0.4, -0.2) is 24.1 Å². The highest BCUT2D eigenvalue weighted by Crippen LogP contribution is 2.50. The predicted octanol–water partition coefficient (Wildman–Crippen LogP) is 5.56. The number of para-hydroxylation sites is 1. The van der Waals surface area contributed by atoms with E-state index in [-0.39, 0.29) is 12.3 Å². The fraction of sp³-hybridized carbons (Fsp3) is 0.261. The van der Waals surface area contributed by atoms with Gasteiger partial charge in [-0.05, 0) is 43.5 Å². The summed E-state index contributed by atoms with van der Waals surface area (Å²) in [7, 11) is 1.68. The van der Waals surface area contributed by atoms with E-state index >= 15 is 0 Å². The van der Waals surface area contributed by atoms with Crippen LogP contribution >= 0.6 is 11.8 Å². The Morgan fingerprint density at radius 2 is 1.93 bits per heavy atom. The number of hydrogen-bond donors (Lipinski definition) is 0. The van der Waals surface area contributed by atoms with Crippen LogP contribution in [0.5, 0.6) is 11.5 Å². The average molecular weight is 407 g/mol. The molecule has 0 N–H and O–H groups in total. The van der Waals surface area contributed by atoms with E-state index in [1.807, 2.05) is 31.2 Å². The number of aryl methyl sites for hydroxylation is 1. The molecule has 0 aliphatic carbocycles. The molecule has 0 radical (unpaired) electrons. The van der Waals surface area contributed by atoms with Gasteiger partial charge in [0.15, 0.2) is 11.5 Å². The minimum absolute atomic E-state index is 0.0690. The zero-order valence-electron chi connectivity index (χ0n) is 16.6. The Kier molecular flexibility index (Phi) is 4.51. The normalized spacial score (nSPS) is 20.0. The van der Waals surface area contributed by atoms with Crippen molar-refractivity contribution in [2.24, 2.45) is 5.10 Å². The monoisotopic (exact) mass is 406 g/mol. The molecule has 3 aromatic rings. The molecule has 1 aromatic heterocycles. The quantitative estimate of drug-likeness (QED) is 0.531. The molecule has 148 valence electrons. The lowest BCUT2D eigenvalue weighted by molar-refractivity contribution is -0.0209. The third kappa shape index (κ3) is 3.08. The number of benzene rings is 2. The van der Waals surface area contributed by atoms with Crippen molar-refractivity contribution in [3.8, 4) is 11.5 Å². The van der Waals surface area contributed by atoms with Crippen LogP contribution in [-0.2, 0) is 0 Å². The van der Waals surface area contributed by atoms with Crippen LogP contribution in [0.3, 0.4) is 0 Å². The van der Waals surface area contributed by atoms with E-state index < -0.39 is 0 Å². The molecule has 3 heterocycles. The van der Waals surface area contributed by atoms with Gasteiger partial charge >= 0.3 is 0 Å². The highest BCUT2D eigenvalue weighted by molar-refractivity contribution is 7.98. The van der Waals surface area contributed by atoms with Crippen LogP contribution in [0.2, 0.25) is 0 Å². The van der Waals surface area contributed by atoms with Gasteiger partial charge in [0.25, 0.3) is 0 Å². The van der Waals surface area contributed by atoms with Gasteiger partial charge in [-0.1, -0.05) is 24.3 Å². The Bertz CT molecular complexity index is 1070. The number of rotatable bonds is 4. The Hall–Kier alpha value is -2.86. The lowest BCUT2D eigenvalue weighted by atomic mass is 9.97. The van der Waals surface area contributed by atoms with Crippen molar-refractivity contribution in [3.05, 3.63) is 77.2 Å². The van der Waals surface area contributed by atoms with Crippen molar-refractivity contribution in [2.45, 2.75) is 30.5 Å². The van der Waals surface area contributed by atoms with Crippen molar-refractivity contribution in [2.75, 3.05) is 13.4 Å². The molecule has 5 nitrogen and oxygen atoms in total. The summed E-state index contributed by atoms with van der Waals surface area (Å²) < 4.78 is 17.9. The fourth-order valence-corrected chi connectivity index (χ4v) is 4.38. The number of hydrogen-bond acceptors (Lipinski definition) is 6. The van der Waals surface area contributed by atoms with E-state index in [0.29, 0.717) is 0 Å². The number of furan rings is 1. The van der Waals surface area contributed by atoms with Crippen LogP contribution in [0.25, 0.3) is 0 Å². The van der Waals surface area contributed by atoms with Gasteiger partial charge in [-0.2, -0.15) is 5.10 Å². The van der Waals surface area contributed by atoms with Crippen molar-refractivity contribution >= 4 is 17.5 Å². The summed E-state index contributed by atoms with van der Waals surface area (Å²) in [5.41, 5.74) is 3.08. The van der Waals surface area contributed by atoms with E-state index in [0.717, 1.165) is 46.3 Å². The molecule has 6 heteroatoms. The molecule has 0 fully saturated rings. The summed E-state index contributed by atoms with van der Waals surface area (Å²) in [5, 5.41) is 6.99. The largest absolute Gasteiger partial charge is 0.493 e. The molecule has 0 saturated heterocycles. The molecule has 2 atom stereocenters. The standard InChI is InChI=1S/C23H22N2O3S/c1-14-7-12-20(27-14)18-13-19-17-5-4-6-21(26-2)22(17)28-23(25(19)24-18)15-8-10-16(29-3)11-9-15/h4-12,19,23H,13H2,1-3H3/t19-,23+/m0/s1. The second-order valence-electron chi connectivity index (χ2n) is 7.18. The van der Waals surface area contributed by atoms with Gasteiger partial charge in [-0.25, -0.2) is 5.01 Å². The first kappa shape index (κ1) is 18.2. The molecule has 2 aromatic carbocycles. The number of hydrazone groups is 1. The molecular weight excluding hydrogens is 384 g/mol. The Morgan fingerprint density at radius 1 is 1.10 bits per heavy atom. The van der Waals surface area contributed by atoms with E-state index in [4.69, 9.17) is 19.0 Å². The topological polar surface area (TPSA) is 47.2 Å². The van der Waals surface area contributed by atoms with Crippen LogP contribution in [0.4, 0.5) is 0 Å². The minimum atomic E-state index is -0.326. The molecule has 0 amide bonds. The zero-order chi connectivity index (χ0) is 20.0. The van der Waals surface area contributed by atoms with Crippen LogP contribution in [0.1, 0.15) is 41.3 Å². The number of fused-ring (bicyclic) bond motifs is 3. The summed E-state index contributed by atoms with van der Waals surface area (Å²) in [5.74, 6) is 3.24. The minimum Gasteiger partial charge on any atom is -0.493 e. The highest BCUT2D eigenvalue weighted by atomic mass is 32.2. The summed E-state index contributed by atoms with van der Waals surface area (Å²) in [6, 6.07) is 18.5. The average Bonchev–Trinajstić information content (AvgIpc) is 3.39. The molecule has 2 aliphatic heterocycles. The molecule has 0 spiro atoms. The van der Waals surface area contributed by atoms with Crippen molar-refractivity contribution in [3.63, 3.8) is 0 Å². The lowest BCUT2D eigenvalue weighted by Gasteiger charge is -2.38. The Morgan fingerprint density at radius 3 is 2.62 bits per heavy atom. The molecular formula is C23H22N2O3S. The number of thioether (sulfide) groups is 1. The van der Waals surface area contributed by atoms with Gasteiger partial charge in [0, 0.05) is 22.4 Å². The van der Waals surface area contributed by atoms with Crippen LogP contribution in [0.15, 0.2) is 69.0 Å². The van der Waals surface area contributed by atoms with E-state index in [9.17, 15) is 0 Å². The van der Waals surface area contributed by atoms with Gasteiger partial charge in [0.2, 0.25) is 6.23 Å². The predicted molar refractivity (Wildman–Crippen MR) is 114 cm³/mol. The number of methoxy groups -OCH3 is 1. The SMILES string of the molecule is COc1cccc2c1O[C@H](c1ccc(SC)cc1)N1N=C(c3ccc(C)o3)C[C@@H]21. The summed E-state index contributed by atoms with van der Waals surface area (Å²) in [6.07, 6.45) is 2.51. The first-order chi connectivity index (χ1) is 14.2. The molecule has 5 rings (SSSR count). The van der Waals surface area contributed by atoms with Crippen molar-refractivity contribution < 1.29 is 13.9 Å². The maximum absolute atomic E-state index is 6.47. The zero-order valence-corrected chi connectivity index (χ0v) is 17.4. The molecule has 2 aliphatic rings. The van der Waals surface area contributed by atoms with Crippen LogP contribution < -0.4 is 9.47 Å². The van der Waals surface area contributed by atoms with E-state index in [1.54, 1.807) is 18.9 Å². The summed E-state index contributed by atoms with van der Waals surface area (Å²) >= 11 is 1.72. The van der Waals surface area contributed by atoms with Gasteiger partial charge in [0.05, 0.1) is 13.2 Å². The first-order valence-electron chi connectivity index (χ1n) is 9.58. The highest BCUT2D eigenvalue weighted by Gasteiger charge is 2.42. The second kappa shape index (κ2) is 7.19. The molecule has 0 saturated carbocycles. The van der Waals surface area contributed by atoms with E-state index in [2.05, 4.69) is 41.6 Å². The van der Waals surface area contributed by atoms with Crippen LogP contribution in [0, 0.1) is 6.92 Å². The number of ether oxygens (including phenoxy) is 2. The van der Waals surface area contributed by atoms with Crippen molar-refractivity contribution in [1.82, 2.24) is 5.01 Å². The number of nitrogens with zero attached hydrogens (tertiary/aromatic N) is 2. The third-order valence-electron chi connectivity index (χ3n) is 5.43. The Labute approximate surface area is 174 Å². The maximum Gasteiger partial charge on any atom is 0.214 e. The molecule has 29 heavy (non-hydrogen) atoms. The second-order valence-corrected chi connectivity index (χ2v) is 8.06. The Balaban J connectivity index is 1.60. The lowest BCUT2D eigenvalue weighted by Crippen LogP contribution is -2.33. The van der Waals surface area contributed by atoms with Gasteiger partial charge < -0.3 is 13.9 Å². The molecule has 0 unspecified atom stereocenters. The maximum atomic E-state index is 6.47. The van der Waals surface area contributed by atoms with Gasteiger partial charge in [-0.15, -0.1) is 11.8 Å². The summed E-state index contributed by atoms with van der Waals surface area (Å²) in [4.78, 5) is 1.22. The third-order valence-corrected chi connectivity index (χ3v) is 6.17. The smallest absolute Gasteiger partial charge is 0.214 e. The van der Waals surface area contributed by atoms with Crippen molar-refractivity contribution in [1.29, 1.82) is 0 Å². The van der Waals surface area contributed by atoms with E-state index in [1.165, 1.54) is 4.90 Å². The molecule has 0 bridgehead atoms. The summed E-state index contributed by atoms with van der Waals surface area (Å²) in [6.45, 7) is 1.95. The fourth-order valence-electron chi connectivity index (χ4n) is 3.97.